The van der Waals surface area contributed by atoms with Gasteiger partial charge in [-0.2, -0.15) is 8.78 Å². The molecule has 2 aromatic rings. The number of amides is 1. The molecular formula is C16H16F2N2O5S. The molecular weight excluding hydrogens is 370 g/mol. The van der Waals surface area contributed by atoms with Gasteiger partial charge in [0.2, 0.25) is 10.0 Å². The van der Waals surface area contributed by atoms with Crippen LogP contribution in [0.25, 0.3) is 0 Å². The summed E-state index contributed by atoms with van der Waals surface area (Å²) >= 11 is 0. The highest BCUT2D eigenvalue weighted by atomic mass is 32.2. The Bertz CT molecular complexity index is 886. The number of hydrogen-bond acceptors (Lipinski definition) is 5. The number of benzene rings is 2. The first kappa shape index (κ1) is 19.4. The van der Waals surface area contributed by atoms with E-state index >= 15 is 0 Å². The van der Waals surface area contributed by atoms with Crippen LogP contribution in [0.15, 0.2) is 42.5 Å². The number of carbonyl (C=O) groups excluding carboxylic acids is 1. The third kappa shape index (κ3) is 5.59. The lowest BCUT2D eigenvalue weighted by molar-refractivity contribution is -0.0511. The van der Waals surface area contributed by atoms with Crippen LogP contribution in [0.1, 0.15) is 10.4 Å². The number of nitrogens with one attached hydrogen (secondary N) is 2. The number of carbonyl (C=O) groups is 1. The molecule has 10 heteroatoms. The van der Waals surface area contributed by atoms with Gasteiger partial charge in [0.15, 0.2) is 11.5 Å². The largest absolute Gasteiger partial charge is 0.493 e. The quantitative estimate of drug-likeness (QED) is 0.763. The summed E-state index contributed by atoms with van der Waals surface area (Å²) in [6, 6.07) is 9.75. The van der Waals surface area contributed by atoms with Gasteiger partial charge in [-0.05, 0) is 36.4 Å². The van der Waals surface area contributed by atoms with Crippen LogP contribution in [0.2, 0.25) is 0 Å². The first-order valence-electron chi connectivity index (χ1n) is 7.20. The van der Waals surface area contributed by atoms with E-state index in [4.69, 9.17) is 4.74 Å². The molecule has 26 heavy (non-hydrogen) atoms. The lowest BCUT2D eigenvalue weighted by atomic mass is 10.2. The van der Waals surface area contributed by atoms with E-state index in [9.17, 15) is 22.0 Å². The van der Waals surface area contributed by atoms with E-state index in [1.165, 1.54) is 49.6 Å². The molecule has 0 aliphatic carbocycles. The van der Waals surface area contributed by atoms with E-state index in [2.05, 4.69) is 14.8 Å². The van der Waals surface area contributed by atoms with Crippen LogP contribution in [0.4, 0.5) is 20.2 Å². The lowest BCUT2D eigenvalue weighted by Crippen LogP contribution is -2.13. The zero-order valence-electron chi connectivity index (χ0n) is 13.8. The first-order chi connectivity index (χ1) is 12.2. The number of sulfonamides is 1. The Morgan fingerprint density at radius 1 is 1.04 bits per heavy atom. The van der Waals surface area contributed by atoms with Crippen molar-refractivity contribution in [3.05, 3.63) is 48.0 Å². The third-order valence-electron chi connectivity index (χ3n) is 3.09. The molecule has 1 amide bonds. The fourth-order valence-electron chi connectivity index (χ4n) is 2.05. The predicted octanol–water partition coefficient (Wildman–Crippen LogP) is 2.92. The van der Waals surface area contributed by atoms with Crippen LogP contribution in [0, 0.1) is 0 Å². The highest BCUT2D eigenvalue weighted by molar-refractivity contribution is 7.92. The average Bonchev–Trinajstić information content (AvgIpc) is 2.53. The van der Waals surface area contributed by atoms with Crippen LogP contribution >= 0.6 is 0 Å². The molecule has 0 saturated carbocycles. The minimum Gasteiger partial charge on any atom is -0.493 e. The summed E-state index contributed by atoms with van der Waals surface area (Å²) in [5.41, 5.74) is 0.780. The standard InChI is InChI=1S/C16H16F2N2O5S/c1-24-13-8-7-12(9-14(13)25-16(17)18)19-15(21)10-3-5-11(6-4-10)20-26(2,22)23/h3-9,16,20H,1-2H3,(H,19,21). The molecule has 0 heterocycles. The molecule has 7 nitrogen and oxygen atoms in total. The highest BCUT2D eigenvalue weighted by Crippen LogP contribution is 2.31. The Balaban J connectivity index is 2.14. The van der Waals surface area contributed by atoms with Gasteiger partial charge in [0.05, 0.1) is 13.4 Å². The fourth-order valence-corrected chi connectivity index (χ4v) is 2.61. The average molecular weight is 386 g/mol. The van der Waals surface area contributed by atoms with Crippen molar-refractivity contribution in [1.29, 1.82) is 0 Å². The Labute approximate surface area is 149 Å². The summed E-state index contributed by atoms with van der Waals surface area (Å²) in [6.45, 7) is -3.04. The second-order valence-corrected chi connectivity index (χ2v) is 6.90. The third-order valence-corrected chi connectivity index (χ3v) is 3.69. The van der Waals surface area contributed by atoms with Crippen LogP contribution < -0.4 is 19.5 Å². The van der Waals surface area contributed by atoms with Gasteiger partial charge in [-0.25, -0.2) is 8.42 Å². The van der Waals surface area contributed by atoms with Gasteiger partial charge in [-0.3, -0.25) is 9.52 Å². The maximum atomic E-state index is 12.4. The minimum absolute atomic E-state index is 0.0968. The van der Waals surface area contributed by atoms with E-state index in [-0.39, 0.29) is 22.7 Å². The van der Waals surface area contributed by atoms with E-state index < -0.39 is 22.5 Å². The zero-order valence-corrected chi connectivity index (χ0v) is 14.6. The van der Waals surface area contributed by atoms with Crippen molar-refractivity contribution in [2.24, 2.45) is 0 Å². The smallest absolute Gasteiger partial charge is 0.387 e. The Morgan fingerprint density at radius 3 is 2.19 bits per heavy atom. The summed E-state index contributed by atoms with van der Waals surface area (Å²) < 4.78 is 58.7. The van der Waals surface area contributed by atoms with Gasteiger partial charge in [0, 0.05) is 23.0 Å². The molecule has 0 unspecified atom stereocenters. The summed E-state index contributed by atoms with van der Waals surface area (Å²) in [4.78, 5) is 12.2. The summed E-state index contributed by atoms with van der Waals surface area (Å²) in [5, 5.41) is 2.53. The van der Waals surface area contributed by atoms with E-state index in [0.717, 1.165) is 6.26 Å². The summed E-state index contributed by atoms with van der Waals surface area (Å²) in [6.07, 6.45) is 1.01. The molecule has 0 spiro atoms. The van der Waals surface area contributed by atoms with Gasteiger partial charge in [0.25, 0.3) is 5.91 Å². The van der Waals surface area contributed by atoms with Gasteiger partial charge in [-0.1, -0.05) is 0 Å². The van der Waals surface area contributed by atoms with E-state index in [1.54, 1.807) is 0 Å². The number of halogens is 2. The molecule has 2 rings (SSSR count). The normalized spacial score (nSPS) is 11.1. The number of ether oxygens (including phenoxy) is 2. The topological polar surface area (TPSA) is 93.7 Å². The van der Waals surface area contributed by atoms with E-state index in [0.29, 0.717) is 5.69 Å². The van der Waals surface area contributed by atoms with Gasteiger partial charge < -0.3 is 14.8 Å². The second kappa shape index (κ2) is 8.00. The number of anilines is 2. The number of hydrogen-bond donors (Lipinski definition) is 2. The number of alkyl halides is 2. The van der Waals surface area contributed by atoms with Crippen molar-refractivity contribution in [3.63, 3.8) is 0 Å². The molecule has 0 aromatic heterocycles. The van der Waals surface area contributed by atoms with Crippen molar-refractivity contribution in [1.82, 2.24) is 0 Å². The maximum Gasteiger partial charge on any atom is 0.387 e. The van der Waals surface area contributed by atoms with Crippen molar-refractivity contribution in [2.45, 2.75) is 6.61 Å². The van der Waals surface area contributed by atoms with Gasteiger partial charge in [0.1, 0.15) is 0 Å². The second-order valence-electron chi connectivity index (χ2n) is 5.15. The SMILES string of the molecule is COc1ccc(NC(=O)c2ccc(NS(C)(=O)=O)cc2)cc1OC(F)F. The minimum atomic E-state index is -3.42. The fraction of sp³-hybridized carbons (Fsp3) is 0.188. The Kier molecular flexibility index (Phi) is 5.98. The monoisotopic (exact) mass is 386 g/mol. The van der Waals surface area contributed by atoms with Gasteiger partial charge in [-0.15, -0.1) is 0 Å². The zero-order chi connectivity index (χ0) is 19.3. The van der Waals surface area contributed by atoms with Gasteiger partial charge >= 0.3 is 6.61 Å². The molecule has 0 fully saturated rings. The maximum absolute atomic E-state index is 12.4. The molecule has 0 bridgehead atoms. The van der Waals surface area contributed by atoms with Crippen molar-refractivity contribution in [3.8, 4) is 11.5 Å². The van der Waals surface area contributed by atoms with Crippen molar-refractivity contribution in [2.75, 3.05) is 23.4 Å². The molecule has 0 atom stereocenters. The number of rotatable bonds is 7. The molecule has 0 saturated heterocycles. The summed E-state index contributed by atoms with van der Waals surface area (Å²) in [7, 11) is -2.11. The molecule has 0 aliphatic rings. The lowest BCUT2D eigenvalue weighted by Gasteiger charge is -2.12. The molecule has 0 aliphatic heterocycles. The molecule has 140 valence electrons. The highest BCUT2D eigenvalue weighted by Gasteiger charge is 2.13. The van der Waals surface area contributed by atoms with E-state index in [1.807, 2.05) is 0 Å². The first-order valence-corrected chi connectivity index (χ1v) is 9.09. The van der Waals surface area contributed by atoms with Crippen LogP contribution in [0.5, 0.6) is 11.5 Å². The summed E-state index contributed by atoms with van der Waals surface area (Å²) in [5.74, 6) is -0.628. The van der Waals surface area contributed by atoms with Crippen LogP contribution in [-0.2, 0) is 10.0 Å². The Hall–Kier alpha value is -2.88. The molecule has 2 aromatic carbocycles. The van der Waals surface area contributed by atoms with Crippen LogP contribution in [0.3, 0.4) is 0 Å². The molecule has 2 N–H and O–H groups in total. The van der Waals surface area contributed by atoms with Crippen molar-refractivity contribution >= 4 is 27.3 Å². The Morgan fingerprint density at radius 2 is 1.65 bits per heavy atom. The van der Waals surface area contributed by atoms with Crippen molar-refractivity contribution < 1.29 is 31.5 Å². The van der Waals surface area contributed by atoms with Crippen LogP contribution in [-0.4, -0.2) is 34.3 Å². The predicted molar refractivity (Wildman–Crippen MR) is 92.5 cm³/mol. The number of methoxy groups -OCH3 is 1. The molecule has 0 radical (unpaired) electrons.